The van der Waals surface area contributed by atoms with Crippen molar-refractivity contribution in [2.45, 2.75) is 46.3 Å². The zero-order valence-electron chi connectivity index (χ0n) is 13.6. The van der Waals surface area contributed by atoms with E-state index in [4.69, 9.17) is 9.47 Å². The highest BCUT2D eigenvalue weighted by Gasteiger charge is 2.28. The molecule has 0 aromatic heterocycles. The van der Waals surface area contributed by atoms with Crippen molar-refractivity contribution in [3.05, 3.63) is 18.2 Å². The molecule has 0 bridgehead atoms. The van der Waals surface area contributed by atoms with Crippen LogP contribution in [0.5, 0.6) is 5.75 Å². The Labute approximate surface area is 130 Å². The second-order valence-electron chi connectivity index (χ2n) is 6.46. The van der Waals surface area contributed by atoms with Crippen LogP contribution >= 0.6 is 0 Å². The zero-order valence-corrected chi connectivity index (χ0v) is 13.6. The Balaban J connectivity index is 2.23. The van der Waals surface area contributed by atoms with Gasteiger partial charge in [-0.3, -0.25) is 10.1 Å². The number of hydrogen-bond donors (Lipinski definition) is 1. The Kier molecular flexibility index (Phi) is 4.30. The molecule has 2 amide bonds. The highest BCUT2D eigenvalue weighted by molar-refractivity contribution is 5.99. The Bertz CT molecular complexity index is 590. The zero-order chi connectivity index (χ0) is 16.5. The molecule has 1 aromatic rings. The minimum atomic E-state index is -0.568. The summed E-state index contributed by atoms with van der Waals surface area (Å²) in [6, 6.07) is 5.18. The number of nitrogens with zero attached hydrogens (tertiary/aromatic N) is 1. The van der Waals surface area contributed by atoms with Crippen molar-refractivity contribution >= 4 is 23.4 Å². The normalized spacial score (nSPS) is 14.5. The molecular formula is C16H22N2O4. The largest absolute Gasteiger partial charge is 0.482 e. The van der Waals surface area contributed by atoms with E-state index in [1.807, 2.05) is 13.8 Å². The molecule has 1 aliphatic rings. The van der Waals surface area contributed by atoms with Gasteiger partial charge in [-0.1, -0.05) is 0 Å². The van der Waals surface area contributed by atoms with Gasteiger partial charge in [-0.2, -0.15) is 0 Å². The van der Waals surface area contributed by atoms with Crippen LogP contribution in [-0.4, -0.2) is 30.3 Å². The fourth-order valence-electron chi connectivity index (χ4n) is 2.24. The molecule has 1 N–H and O–H groups in total. The Morgan fingerprint density at radius 1 is 1.36 bits per heavy atom. The summed E-state index contributed by atoms with van der Waals surface area (Å²) in [4.78, 5) is 25.5. The maximum absolute atomic E-state index is 12.0. The van der Waals surface area contributed by atoms with E-state index in [1.165, 1.54) is 0 Å². The molecule has 0 saturated carbocycles. The van der Waals surface area contributed by atoms with E-state index in [1.54, 1.807) is 43.9 Å². The highest BCUT2D eigenvalue weighted by atomic mass is 16.6. The van der Waals surface area contributed by atoms with Gasteiger partial charge in [0.15, 0.2) is 6.61 Å². The van der Waals surface area contributed by atoms with Crippen LogP contribution in [0.15, 0.2) is 18.2 Å². The van der Waals surface area contributed by atoms with Gasteiger partial charge >= 0.3 is 6.09 Å². The number of rotatable bonds is 2. The molecule has 1 aliphatic heterocycles. The number of ether oxygens (including phenoxy) is 2. The molecule has 0 fully saturated rings. The van der Waals surface area contributed by atoms with Crippen LogP contribution in [0, 0.1) is 0 Å². The fourth-order valence-corrected chi connectivity index (χ4v) is 2.24. The minimum Gasteiger partial charge on any atom is -0.482 e. The summed E-state index contributed by atoms with van der Waals surface area (Å²) < 4.78 is 10.6. The van der Waals surface area contributed by atoms with E-state index in [-0.39, 0.29) is 18.6 Å². The van der Waals surface area contributed by atoms with Crippen LogP contribution in [0.3, 0.4) is 0 Å². The van der Waals surface area contributed by atoms with Crippen molar-refractivity contribution in [2.24, 2.45) is 0 Å². The summed E-state index contributed by atoms with van der Waals surface area (Å²) in [6.07, 6.45) is -0.536. The van der Waals surface area contributed by atoms with Crippen LogP contribution in [0.4, 0.5) is 16.2 Å². The van der Waals surface area contributed by atoms with Crippen molar-refractivity contribution in [2.75, 3.05) is 16.8 Å². The van der Waals surface area contributed by atoms with Crippen molar-refractivity contribution in [1.82, 2.24) is 0 Å². The van der Waals surface area contributed by atoms with Crippen LogP contribution < -0.4 is 15.0 Å². The summed E-state index contributed by atoms with van der Waals surface area (Å²) in [6.45, 7) is 9.29. The second kappa shape index (κ2) is 5.87. The third-order valence-corrected chi connectivity index (χ3v) is 3.00. The van der Waals surface area contributed by atoms with E-state index >= 15 is 0 Å². The molecule has 6 nitrogen and oxygen atoms in total. The quantitative estimate of drug-likeness (QED) is 0.911. The molecule has 0 radical (unpaired) electrons. The lowest BCUT2D eigenvalue weighted by atomic mass is 10.1. The highest BCUT2D eigenvalue weighted by Crippen LogP contribution is 2.35. The lowest BCUT2D eigenvalue weighted by Crippen LogP contribution is -2.43. The standard InChI is InChI=1S/C16H22N2O4/c1-10(2)18-12-8-11(17-15(20)22-16(3,4)5)6-7-13(12)21-9-14(18)19/h6-8,10H,9H2,1-5H3,(H,17,20). The van der Waals surface area contributed by atoms with Gasteiger partial charge in [0.25, 0.3) is 5.91 Å². The Morgan fingerprint density at radius 2 is 2.05 bits per heavy atom. The molecule has 22 heavy (non-hydrogen) atoms. The van der Waals surface area contributed by atoms with Gasteiger partial charge in [-0.25, -0.2) is 4.79 Å². The predicted molar refractivity (Wildman–Crippen MR) is 84.4 cm³/mol. The molecule has 0 aliphatic carbocycles. The van der Waals surface area contributed by atoms with E-state index in [0.717, 1.165) is 0 Å². The van der Waals surface area contributed by atoms with Gasteiger partial charge in [0.05, 0.1) is 5.69 Å². The van der Waals surface area contributed by atoms with Gasteiger partial charge < -0.3 is 14.4 Å². The minimum absolute atomic E-state index is 0.00641. The smallest absolute Gasteiger partial charge is 0.412 e. The maximum atomic E-state index is 12.0. The number of amides is 2. The molecule has 6 heteroatoms. The molecule has 0 unspecified atom stereocenters. The topological polar surface area (TPSA) is 67.9 Å². The van der Waals surface area contributed by atoms with Gasteiger partial charge in [0.1, 0.15) is 11.4 Å². The second-order valence-corrected chi connectivity index (χ2v) is 6.46. The molecule has 0 spiro atoms. The number of carbonyl (C=O) groups excluding carboxylic acids is 2. The van der Waals surface area contributed by atoms with Crippen LogP contribution in [0.25, 0.3) is 0 Å². The SMILES string of the molecule is CC(C)N1C(=O)COc2ccc(NC(=O)OC(C)(C)C)cc21. The number of nitrogens with one attached hydrogen (secondary N) is 1. The van der Waals surface area contributed by atoms with E-state index < -0.39 is 11.7 Å². The first-order valence-electron chi connectivity index (χ1n) is 7.26. The third-order valence-electron chi connectivity index (χ3n) is 3.00. The molecule has 0 saturated heterocycles. The van der Waals surface area contributed by atoms with Crippen molar-refractivity contribution in [1.29, 1.82) is 0 Å². The van der Waals surface area contributed by atoms with E-state index in [2.05, 4.69) is 5.32 Å². The summed E-state index contributed by atoms with van der Waals surface area (Å²) in [5.74, 6) is 0.528. The number of benzene rings is 1. The van der Waals surface area contributed by atoms with Gasteiger partial charge in [-0.05, 0) is 52.8 Å². The monoisotopic (exact) mass is 306 g/mol. The maximum Gasteiger partial charge on any atom is 0.412 e. The Hall–Kier alpha value is -2.24. The molecule has 1 heterocycles. The van der Waals surface area contributed by atoms with Crippen molar-refractivity contribution in [3.63, 3.8) is 0 Å². The molecule has 120 valence electrons. The molecule has 0 atom stereocenters. The molecule has 2 rings (SSSR count). The number of hydrogen-bond acceptors (Lipinski definition) is 4. The number of fused-ring (bicyclic) bond motifs is 1. The van der Waals surface area contributed by atoms with Crippen LogP contribution in [0.2, 0.25) is 0 Å². The average Bonchev–Trinajstić information content (AvgIpc) is 2.35. The molecule has 1 aromatic carbocycles. The van der Waals surface area contributed by atoms with Crippen LogP contribution in [0.1, 0.15) is 34.6 Å². The summed E-state index contributed by atoms with van der Waals surface area (Å²) in [7, 11) is 0. The summed E-state index contributed by atoms with van der Waals surface area (Å²) >= 11 is 0. The van der Waals surface area contributed by atoms with E-state index in [0.29, 0.717) is 17.1 Å². The van der Waals surface area contributed by atoms with Crippen molar-refractivity contribution in [3.8, 4) is 5.75 Å². The van der Waals surface area contributed by atoms with Gasteiger partial charge in [0, 0.05) is 11.7 Å². The van der Waals surface area contributed by atoms with Gasteiger partial charge in [0.2, 0.25) is 0 Å². The number of anilines is 2. The third kappa shape index (κ3) is 3.69. The lowest BCUT2D eigenvalue weighted by Gasteiger charge is -2.32. The average molecular weight is 306 g/mol. The van der Waals surface area contributed by atoms with Crippen molar-refractivity contribution < 1.29 is 19.1 Å². The Morgan fingerprint density at radius 3 is 2.64 bits per heavy atom. The van der Waals surface area contributed by atoms with E-state index in [9.17, 15) is 9.59 Å². The first-order chi connectivity index (χ1) is 10.2. The predicted octanol–water partition coefficient (Wildman–Crippen LogP) is 3.17. The number of carbonyl (C=O) groups is 2. The van der Waals surface area contributed by atoms with Gasteiger partial charge in [-0.15, -0.1) is 0 Å². The fraction of sp³-hybridized carbons (Fsp3) is 0.500. The summed E-state index contributed by atoms with van der Waals surface area (Å²) in [5, 5.41) is 2.67. The first-order valence-corrected chi connectivity index (χ1v) is 7.26. The van der Waals surface area contributed by atoms with Crippen LogP contribution in [-0.2, 0) is 9.53 Å². The molecular weight excluding hydrogens is 284 g/mol. The first kappa shape index (κ1) is 16.1. The summed E-state index contributed by atoms with van der Waals surface area (Å²) in [5.41, 5.74) is 0.637. The lowest BCUT2D eigenvalue weighted by molar-refractivity contribution is -0.121.